The Hall–Kier alpha value is -0.130. The quantitative estimate of drug-likeness (QED) is 0.675. The SMILES string of the molecule is CS(=O)(=O)N1C2CCC1C(CN)C2. The van der Waals surface area contributed by atoms with E-state index >= 15 is 0 Å². The lowest BCUT2D eigenvalue weighted by atomic mass is 9.89. The Morgan fingerprint density at radius 2 is 2.15 bits per heavy atom. The van der Waals surface area contributed by atoms with Gasteiger partial charge in [0, 0.05) is 12.1 Å². The zero-order valence-corrected chi connectivity index (χ0v) is 8.63. The first-order chi connectivity index (χ1) is 6.04. The summed E-state index contributed by atoms with van der Waals surface area (Å²) in [7, 11) is -3.00. The van der Waals surface area contributed by atoms with E-state index < -0.39 is 10.0 Å². The average molecular weight is 204 g/mol. The molecule has 13 heavy (non-hydrogen) atoms. The summed E-state index contributed by atoms with van der Waals surface area (Å²) in [6.45, 7) is 0.618. The summed E-state index contributed by atoms with van der Waals surface area (Å²) in [4.78, 5) is 0. The molecule has 2 bridgehead atoms. The molecule has 0 aromatic heterocycles. The number of sulfonamides is 1. The van der Waals surface area contributed by atoms with Crippen LogP contribution in [0.1, 0.15) is 19.3 Å². The lowest BCUT2D eigenvalue weighted by Gasteiger charge is -2.21. The van der Waals surface area contributed by atoms with Crippen LogP contribution in [0.3, 0.4) is 0 Å². The van der Waals surface area contributed by atoms with E-state index in [2.05, 4.69) is 0 Å². The molecule has 2 aliphatic heterocycles. The lowest BCUT2D eigenvalue weighted by Crippen LogP contribution is -2.36. The Kier molecular flexibility index (Phi) is 2.13. The molecule has 0 aromatic rings. The molecule has 2 rings (SSSR count). The highest BCUT2D eigenvalue weighted by atomic mass is 32.2. The Morgan fingerprint density at radius 3 is 2.54 bits per heavy atom. The van der Waals surface area contributed by atoms with Crippen molar-refractivity contribution < 1.29 is 8.42 Å². The third kappa shape index (κ3) is 1.39. The third-order valence-electron chi connectivity index (χ3n) is 3.29. The van der Waals surface area contributed by atoms with Crippen LogP contribution in [-0.2, 0) is 10.0 Å². The first-order valence-electron chi connectivity index (χ1n) is 4.72. The average Bonchev–Trinajstić information content (AvgIpc) is 2.57. The fourth-order valence-corrected chi connectivity index (χ4v) is 4.33. The summed E-state index contributed by atoms with van der Waals surface area (Å²) in [5, 5.41) is 0. The molecule has 0 spiro atoms. The van der Waals surface area contributed by atoms with E-state index in [-0.39, 0.29) is 12.1 Å². The zero-order chi connectivity index (χ0) is 9.64. The van der Waals surface area contributed by atoms with Crippen molar-refractivity contribution in [2.24, 2.45) is 11.7 Å². The highest BCUT2D eigenvalue weighted by molar-refractivity contribution is 7.88. The van der Waals surface area contributed by atoms with Crippen molar-refractivity contribution >= 4 is 10.0 Å². The van der Waals surface area contributed by atoms with E-state index in [9.17, 15) is 8.42 Å². The molecule has 4 nitrogen and oxygen atoms in total. The zero-order valence-electron chi connectivity index (χ0n) is 7.81. The molecule has 2 fully saturated rings. The third-order valence-corrected chi connectivity index (χ3v) is 4.62. The van der Waals surface area contributed by atoms with Crippen molar-refractivity contribution in [2.45, 2.75) is 31.3 Å². The largest absolute Gasteiger partial charge is 0.330 e. The van der Waals surface area contributed by atoms with E-state index in [0.717, 1.165) is 19.3 Å². The van der Waals surface area contributed by atoms with Crippen LogP contribution in [-0.4, -0.2) is 37.6 Å². The van der Waals surface area contributed by atoms with Crippen LogP contribution in [0.5, 0.6) is 0 Å². The number of nitrogens with zero attached hydrogens (tertiary/aromatic N) is 1. The van der Waals surface area contributed by atoms with E-state index in [4.69, 9.17) is 5.73 Å². The predicted molar refractivity (Wildman–Crippen MR) is 50.7 cm³/mol. The Bertz CT molecular complexity index is 301. The minimum atomic E-state index is -3.00. The standard InChI is InChI=1S/C8H16N2O2S/c1-13(11,12)10-7-2-3-8(10)6(4-7)5-9/h6-8H,2-5,9H2,1H3. The maximum absolute atomic E-state index is 11.4. The van der Waals surface area contributed by atoms with Gasteiger partial charge in [-0.05, 0) is 31.7 Å². The molecule has 0 saturated carbocycles. The van der Waals surface area contributed by atoms with Gasteiger partial charge in [0.05, 0.1) is 6.26 Å². The van der Waals surface area contributed by atoms with Gasteiger partial charge in [-0.3, -0.25) is 0 Å². The number of rotatable bonds is 2. The van der Waals surface area contributed by atoms with Gasteiger partial charge in [0.25, 0.3) is 0 Å². The lowest BCUT2D eigenvalue weighted by molar-refractivity contribution is 0.363. The number of nitrogens with two attached hydrogens (primary N) is 1. The van der Waals surface area contributed by atoms with Crippen molar-refractivity contribution in [1.82, 2.24) is 4.31 Å². The van der Waals surface area contributed by atoms with Gasteiger partial charge in [-0.15, -0.1) is 0 Å². The predicted octanol–water partition coefficient (Wildman–Crippen LogP) is -0.242. The van der Waals surface area contributed by atoms with E-state index in [0.29, 0.717) is 12.5 Å². The Morgan fingerprint density at radius 1 is 1.46 bits per heavy atom. The van der Waals surface area contributed by atoms with Gasteiger partial charge in [-0.25, -0.2) is 8.42 Å². The molecule has 2 saturated heterocycles. The molecule has 0 aromatic carbocycles. The Balaban J connectivity index is 2.25. The second-order valence-corrected chi connectivity index (χ2v) is 6.01. The maximum Gasteiger partial charge on any atom is 0.211 e. The molecule has 5 heteroatoms. The number of hydrogen-bond donors (Lipinski definition) is 1. The van der Waals surface area contributed by atoms with Gasteiger partial charge >= 0.3 is 0 Å². The van der Waals surface area contributed by atoms with E-state index in [1.165, 1.54) is 6.26 Å². The van der Waals surface area contributed by atoms with Gasteiger partial charge in [0.2, 0.25) is 10.0 Å². The van der Waals surface area contributed by atoms with Gasteiger partial charge in [0.15, 0.2) is 0 Å². The van der Waals surface area contributed by atoms with Crippen LogP contribution in [0.2, 0.25) is 0 Å². The maximum atomic E-state index is 11.4. The molecule has 3 unspecified atom stereocenters. The minimum absolute atomic E-state index is 0.199. The van der Waals surface area contributed by atoms with Gasteiger partial charge in [-0.1, -0.05) is 0 Å². The van der Waals surface area contributed by atoms with Crippen LogP contribution in [0.4, 0.5) is 0 Å². The number of hydrogen-bond acceptors (Lipinski definition) is 3. The second-order valence-electron chi connectivity index (χ2n) is 4.12. The van der Waals surface area contributed by atoms with Crippen molar-refractivity contribution in [1.29, 1.82) is 0 Å². The molecule has 0 amide bonds. The second kappa shape index (κ2) is 2.93. The highest BCUT2D eigenvalue weighted by Gasteiger charge is 2.49. The fourth-order valence-electron chi connectivity index (χ4n) is 2.83. The highest BCUT2D eigenvalue weighted by Crippen LogP contribution is 2.42. The molecule has 3 atom stereocenters. The van der Waals surface area contributed by atoms with Crippen LogP contribution in [0.15, 0.2) is 0 Å². The van der Waals surface area contributed by atoms with Gasteiger partial charge in [-0.2, -0.15) is 4.31 Å². The van der Waals surface area contributed by atoms with Crippen molar-refractivity contribution in [3.8, 4) is 0 Å². The molecule has 0 aliphatic carbocycles. The summed E-state index contributed by atoms with van der Waals surface area (Å²) in [5.74, 6) is 0.397. The van der Waals surface area contributed by atoms with Crippen LogP contribution in [0, 0.1) is 5.92 Å². The molecule has 0 radical (unpaired) electrons. The summed E-state index contributed by atoms with van der Waals surface area (Å²) in [6.07, 6.45) is 4.29. The molecule has 76 valence electrons. The minimum Gasteiger partial charge on any atom is -0.330 e. The first-order valence-corrected chi connectivity index (χ1v) is 6.57. The van der Waals surface area contributed by atoms with Crippen molar-refractivity contribution in [3.05, 3.63) is 0 Å². The summed E-state index contributed by atoms with van der Waals surface area (Å²) in [5.41, 5.74) is 5.60. The molecular formula is C8H16N2O2S. The summed E-state index contributed by atoms with van der Waals surface area (Å²) in [6, 6.07) is 0.443. The summed E-state index contributed by atoms with van der Waals surface area (Å²) < 4.78 is 24.6. The first kappa shape index (κ1) is 9.43. The molecular weight excluding hydrogens is 188 g/mol. The normalized spacial score (nSPS) is 40.0. The smallest absolute Gasteiger partial charge is 0.211 e. The van der Waals surface area contributed by atoms with Gasteiger partial charge < -0.3 is 5.73 Å². The van der Waals surface area contributed by atoms with E-state index in [1.54, 1.807) is 4.31 Å². The fraction of sp³-hybridized carbons (Fsp3) is 1.00. The van der Waals surface area contributed by atoms with Crippen LogP contribution in [0.25, 0.3) is 0 Å². The number of fused-ring (bicyclic) bond motifs is 2. The molecule has 2 heterocycles. The van der Waals surface area contributed by atoms with Gasteiger partial charge in [0.1, 0.15) is 0 Å². The Labute approximate surface area is 79.1 Å². The van der Waals surface area contributed by atoms with Crippen LogP contribution < -0.4 is 5.73 Å². The molecule has 2 aliphatic rings. The monoisotopic (exact) mass is 204 g/mol. The van der Waals surface area contributed by atoms with Crippen LogP contribution >= 0.6 is 0 Å². The topological polar surface area (TPSA) is 63.4 Å². The molecule has 2 N–H and O–H groups in total. The van der Waals surface area contributed by atoms with E-state index in [1.807, 2.05) is 0 Å². The van der Waals surface area contributed by atoms with Crippen molar-refractivity contribution in [3.63, 3.8) is 0 Å². The van der Waals surface area contributed by atoms with Crippen molar-refractivity contribution in [2.75, 3.05) is 12.8 Å². The summed E-state index contributed by atoms with van der Waals surface area (Å²) >= 11 is 0.